The molecule has 0 saturated heterocycles. The van der Waals surface area contributed by atoms with Gasteiger partial charge in [-0.3, -0.25) is 4.79 Å². The van der Waals surface area contributed by atoms with Gasteiger partial charge in [0.15, 0.2) is 6.29 Å². The molecule has 0 atom stereocenters. The third-order valence-corrected chi connectivity index (χ3v) is 2.91. The Kier molecular flexibility index (Phi) is 3.47. The second-order valence-corrected chi connectivity index (χ2v) is 4.48. The molecule has 0 saturated carbocycles. The van der Waals surface area contributed by atoms with E-state index in [1.165, 1.54) is 6.07 Å². The monoisotopic (exact) mass is 313 g/mol. The van der Waals surface area contributed by atoms with E-state index in [1.54, 1.807) is 13.0 Å². The molecule has 0 radical (unpaired) electrons. The molecule has 1 heterocycles. The van der Waals surface area contributed by atoms with Gasteiger partial charge in [0, 0.05) is 9.86 Å². The summed E-state index contributed by atoms with van der Waals surface area (Å²) in [6.45, 7) is 1.83. The van der Waals surface area contributed by atoms with E-state index in [0.29, 0.717) is 16.3 Å². The van der Waals surface area contributed by atoms with Gasteiger partial charge in [-0.05, 0) is 19.1 Å². The summed E-state index contributed by atoms with van der Waals surface area (Å²) < 4.78 is 19.1. The Hall–Kier alpha value is -1.69. The fourth-order valence-electron chi connectivity index (χ4n) is 1.76. The van der Waals surface area contributed by atoms with Crippen LogP contribution in [-0.2, 0) is 4.74 Å². The number of aromatic nitrogens is 1. The summed E-state index contributed by atoms with van der Waals surface area (Å²) in [5.74, 6) is -1.25. The summed E-state index contributed by atoms with van der Waals surface area (Å²) in [7, 11) is 0. The molecule has 6 heteroatoms. The molecule has 1 aromatic heterocycles. The summed E-state index contributed by atoms with van der Waals surface area (Å²) in [4.78, 5) is 25.4. The summed E-state index contributed by atoms with van der Waals surface area (Å²) in [5.41, 5.74) is 0.319. The van der Waals surface area contributed by atoms with Crippen LogP contribution in [0.1, 0.15) is 27.8 Å². The maximum absolute atomic E-state index is 13.8. The van der Waals surface area contributed by atoms with E-state index in [2.05, 4.69) is 20.9 Å². The second kappa shape index (κ2) is 4.89. The fourth-order valence-corrected chi connectivity index (χ4v) is 2.18. The maximum atomic E-state index is 13.8. The van der Waals surface area contributed by atoms with Crippen molar-refractivity contribution in [3.63, 3.8) is 0 Å². The number of ether oxygens (including phenoxy) is 1. The van der Waals surface area contributed by atoms with Gasteiger partial charge in [0.25, 0.3) is 0 Å². The molecule has 18 heavy (non-hydrogen) atoms. The fraction of sp³-hybridized carbons (Fsp3) is 0.167. The lowest BCUT2D eigenvalue weighted by atomic mass is 10.1. The Balaban J connectivity index is 2.72. The Morgan fingerprint density at radius 2 is 2.28 bits per heavy atom. The number of carbonyl (C=O) groups excluding carboxylic acids is 2. The zero-order valence-electron chi connectivity index (χ0n) is 9.42. The molecular formula is C12H9BrFNO3. The van der Waals surface area contributed by atoms with Gasteiger partial charge in [-0.2, -0.15) is 0 Å². The topological polar surface area (TPSA) is 59.2 Å². The number of hydrogen-bond donors (Lipinski definition) is 1. The highest BCUT2D eigenvalue weighted by Gasteiger charge is 2.21. The van der Waals surface area contributed by atoms with Crippen molar-refractivity contribution >= 4 is 39.1 Å². The Morgan fingerprint density at radius 1 is 1.56 bits per heavy atom. The van der Waals surface area contributed by atoms with Crippen LogP contribution >= 0.6 is 15.9 Å². The minimum atomic E-state index is -0.675. The third-order valence-electron chi connectivity index (χ3n) is 2.45. The number of nitrogens with one attached hydrogen (secondary N) is 1. The van der Waals surface area contributed by atoms with Gasteiger partial charge in [-0.1, -0.05) is 15.9 Å². The first-order valence-corrected chi connectivity index (χ1v) is 6.00. The van der Waals surface area contributed by atoms with Crippen molar-refractivity contribution < 1.29 is 18.7 Å². The van der Waals surface area contributed by atoms with Crippen LogP contribution in [0.5, 0.6) is 0 Å². The molecule has 2 aromatic rings. The van der Waals surface area contributed by atoms with E-state index in [4.69, 9.17) is 4.74 Å². The Morgan fingerprint density at radius 3 is 2.89 bits per heavy atom. The summed E-state index contributed by atoms with van der Waals surface area (Å²) in [6, 6.07) is 2.83. The van der Waals surface area contributed by atoms with Gasteiger partial charge in [-0.15, -0.1) is 0 Å². The average molecular weight is 314 g/mol. The van der Waals surface area contributed by atoms with E-state index in [-0.39, 0.29) is 23.3 Å². The maximum Gasteiger partial charge on any atom is 0.355 e. The minimum Gasteiger partial charge on any atom is -0.461 e. The third kappa shape index (κ3) is 2.03. The number of H-pyrrole nitrogens is 1. The van der Waals surface area contributed by atoms with Crippen LogP contribution in [-0.4, -0.2) is 23.8 Å². The molecule has 2 rings (SSSR count). The molecule has 0 aliphatic carbocycles. The van der Waals surface area contributed by atoms with Crippen molar-refractivity contribution in [2.45, 2.75) is 6.92 Å². The van der Waals surface area contributed by atoms with Crippen LogP contribution in [0.3, 0.4) is 0 Å². The molecule has 0 spiro atoms. The van der Waals surface area contributed by atoms with Gasteiger partial charge in [0.2, 0.25) is 0 Å². The van der Waals surface area contributed by atoms with E-state index >= 15 is 0 Å². The van der Waals surface area contributed by atoms with Crippen LogP contribution in [0.25, 0.3) is 10.9 Å². The quantitative estimate of drug-likeness (QED) is 0.700. The first kappa shape index (κ1) is 12.8. The normalized spacial score (nSPS) is 10.6. The van der Waals surface area contributed by atoms with Gasteiger partial charge in [-0.25, -0.2) is 9.18 Å². The van der Waals surface area contributed by atoms with Crippen molar-refractivity contribution in [2.75, 3.05) is 6.61 Å². The number of hydrogen-bond acceptors (Lipinski definition) is 3. The van der Waals surface area contributed by atoms with E-state index in [9.17, 15) is 14.0 Å². The zero-order chi connectivity index (χ0) is 13.3. The highest BCUT2D eigenvalue weighted by molar-refractivity contribution is 9.10. The lowest BCUT2D eigenvalue weighted by Crippen LogP contribution is -2.07. The summed E-state index contributed by atoms with van der Waals surface area (Å²) >= 11 is 3.14. The number of aldehydes is 1. The highest BCUT2D eigenvalue weighted by Crippen LogP contribution is 2.27. The van der Waals surface area contributed by atoms with Crippen molar-refractivity contribution in [1.29, 1.82) is 0 Å². The molecule has 4 nitrogen and oxygen atoms in total. The first-order chi connectivity index (χ1) is 8.58. The number of carbonyl (C=O) groups is 2. The van der Waals surface area contributed by atoms with Crippen LogP contribution in [0, 0.1) is 5.82 Å². The number of rotatable bonds is 3. The average Bonchev–Trinajstić information content (AvgIpc) is 2.67. The molecule has 0 amide bonds. The van der Waals surface area contributed by atoms with Crippen LogP contribution < -0.4 is 0 Å². The number of halogens is 2. The van der Waals surface area contributed by atoms with Gasteiger partial charge < -0.3 is 9.72 Å². The lowest BCUT2D eigenvalue weighted by Gasteiger charge is -1.99. The predicted molar refractivity (Wildman–Crippen MR) is 67.3 cm³/mol. The van der Waals surface area contributed by atoms with E-state index in [0.717, 1.165) is 0 Å². The standard InChI is InChI=1S/C12H9BrFNO3/c1-2-18-12(17)11-7(5-16)10-8(14)3-6(13)4-9(10)15-11/h3-5,15H,2H2,1H3. The molecule has 0 fully saturated rings. The Labute approximate surface area is 110 Å². The van der Waals surface area contributed by atoms with Gasteiger partial charge in [0.05, 0.1) is 17.7 Å². The first-order valence-electron chi connectivity index (χ1n) is 5.21. The number of fused-ring (bicyclic) bond motifs is 1. The van der Waals surface area contributed by atoms with Gasteiger partial charge >= 0.3 is 5.97 Å². The minimum absolute atomic E-state index is 0.0200. The summed E-state index contributed by atoms with van der Waals surface area (Å²) in [6.07, 6.45) is 0.446. The number of benzene rings is 1. The van der Waals surface area contributed by atoms with E-state index < -0.39 is 11.8 Å². The molecule has 94 valence electrons. The van der Waals surface area contributed by atoms with Crippen LogP contribution in [0.2, 0.25) is 0 Å². The highest BCUT2D eigenvalue weighted by atomic mass is 79.9. The molecule has 1 N–H and O–H groups in total. The SMILES string of the molecule is CCOC(=O)c1[nH]c2cc(Br)cc(F)c2c1C=O. The zero-order valence-corrected chi connectivity index (χ0v) is 11.0. The predicted octanol–water partition coefficient (Wildman–Crippen LogP) is 3.06. The smallest absolute Gasteiger partial charge is 0.355 e. The molecule has 0 aliphatic heterocycles. The van der Waals surface area contributed by atoms with Gasteiger partial charge in [0.1, 0.15) is 11.5 Å². The molecule has 0 bridgehead atoms. The van der Waals surface area contributed by atoms with E-state index in [1.807, 2.05) is 0 Å². The lowest BCUT2D eigenvalue weighted by molar-refractivity contribution is 0.0518. The molecule has 1 aromatic carbocycles. The van der Waals surface area contributed by atoms with Crippen molar-refractivity contribution in [3.8, 4) is 0 Å². The van der Waals surface area contributed by atoms with Crippen LogP contribution in [0.15, 0.2) is 16.6 Å². The summed E-state index contributed by atoms with van der Waals surface area (Å²) in [5, 5.41) is 0.0938. The van der Waals surface area contributed by atoms with Crippen molar-refractivity contribution in [3.05, 3.63) is 33.7 Å². The molecule has 0 aliphatic rings. The molecule has 0 unspecified atom stereocenters. The Bertz CT molecular complexity index is 636. The second-order valence-electron chi connectivity index (χ2n) is 3.56. The van der Waals surface area contributed by atoms with Crippen LogP contribution in [0.4, 0.5) is 4.39 Å². The van der Waals surface area contributed by atoms with Crippen molar-refractivity contribution in [2.24, 2.45) is 0 Å². The number of esters is 1. The number of aromatic amines is 1. The van der Waals surface area contributed by atoms with Crippen molar-refractivity contribution in [1.82, 2.24) is 4.98 Å². The molecular weight excluding hydrogens is 305 g/mol. The largest absolute Gasteiger partial charge is 0.461 e.